The van der Waals surface area contributed by atoms with Gasteiger partial charge in [-0.1, -0.05) is 0 Å². The Morgan fingerprint density at radius 2 is 1.79 bits per heavy atom. The van der Waals surface area contributed by atoms with Gasteiger partial charge in [0.1, 0.15) is 0 Å². The zero-order valence-corrected chi connectivity index (χ0v) is 8.59. The van der Waals surface area contributed by atoms with Gasteiger partial charge in [0, 0.05) is 0 Å². The molecular weight excluding hydrogens is 228 g/mol. The number of thiol groups is 1. The molecule has 0 radical (unpaired) electrons. The van der Waals surface area contributed by atoms with Gasteiger partial charge in [-0.15, -0.1) is 0 Å². The summed E-state index contributed by atoms with van der Waals surface area (Å²) in [6.07, 6.45) is 0. The van der Waals surface area contributed by atoms with Crippen molar-refractivity contribution in [2.75, 3.05) is 5.73 Å². The fourth-order valence-electron chi connectivity index (χ4n) is 0.876. The SMILES string of the molecule is Nc1cc(S(N)(=O)=O)ccc1[SH](=O)=O. The second-order valence-corrected chi connectivity index (χ2v) is 5.08. The molecule has 0 aliphatic carbocycles. The Morgan fingerprint density at radius 1 is 1.21 bits per heavy atom. The topological polar surface area (TPSA) is 120 Å². The first-order valence-electron chi connectivity index (χ1n) is 3.39. The highest BCUT2D eigenvalue weighted by Crippen LogP contribution is 2.17. The molecule has 78 valence electrons. The first kappa shape index (κ1) is 11.0. The molecule has 0 aromatic heterocycles. The molecule has 0 saturated carbocycles. The van der Waals surface area contributed by atoms with Gasteiger partial charge in [0.25, 0.3) is 0 Å². The van der Waals surface area contributed by atoms with E-state index in [2.05, 4.69) is 0 Å². The van der Waals surface area contributed by atoms with Crippen LogP contribution in [0.3, 0.4) is 0 Å². The lowest BCUT2D eigenvalue weighted by Gasteiger charge is -2.01. The Balaban J connectivity index is 3.41. The monoisotopic (exact) mass is 236 g/mol. The molecule has 0 spiro atoms. The van der Waals surface area contributed by atoms with Gasteiger partial charge in [0.05, 0.1) is 15.5 Å². The summed E-state index contributed by atoms with van der Waals surface area (Å²) in [5, 5.41) is 4.82. The normalized spacial score (nSPS) is 11.9. The molecule has 4 N–H and O–H groups in total. The smallest absolute Gasteiger partial charge is 0.238 e. The Hall–Kier alpha value is -1.12. The van der Waals surface area contributed by atoms with Crippen molar-refractivity contribution in [3.8, 4) is 0 Å². The van der Waals surface area contributed by atoms with Crippen molar-refractivity contribution in [1.29, 1.82) is 0 Å². The number of anilines is 1. The number of benzene rings is 1. The molecule has 0 aliphatic rings. The maximum absolute atomic E-state index is 10.8. The van der Waals surface area contributed by atoms with E-state index in [1.807, 2.05) is 0 Å². The molecule has 0 atom stereocenters. The summed E-state index contributed by atoms with van der Waals surface area (Å²) in [6.45, 7) is 0. The predicted octanol–water partition coefficient (Wildman–Crippen LogP) is -1.11. The minimum absolute atomic E-state index is 0.118. The summed E-state index contributed by atoms with van der Waals surface area (Å²) in [5.74, 6) is 0. The second kappa shape index (κ2) is 3.56. The molecule has 0 aliphatic heterocycles. The summed E-state index contributed by atoms with van der Waals surface area (Å²) in [4.78, 5) is -0.331. The predicted molar refractivity (Wildman–Crippen MR) is 50.8 cm³/mol. The third-order valence-corrected chi connectivity index (χ3v) is 3.24. The van der Waals surface area contributed by atoms with E-state index in [0.29, 0.717) is 0 Å². The number of hydrogen-bond acceptors (Lipinski definition) is 5. The van der Waals surface area contributed by atoms with Gasteiger partial charge in [0.15, 0.2) is 10.7 Å². The summed E-state index contributed by atoms with van der Waals surface area (Å²) in [6, 6.07) is 3.20. The van der Waals surface area contributed by atoms with E-state index in [9.17, 15) is 16.8 Å². The highest BCUT2D eigenvalue weighted by Gasteiger charge is 2.10. The maximum Gasteiger partial charge on any atom is 0.238 e. The van der Waals surface area contributed by atoms with E-state index in [-0.39, 0.29) is 15.5 Å². The van der Waals surface area contributed by atoms with Gasteiger partial charge in [-0.05, 0) is 18.2 Å². The maximum atomic E-state index is 10.8. The first-order valence-corrected chi connectivity index (χ1v) is 6.11. The lowest BCUT2D eigenvalue weighted by molar-refractivity contribution is 0.597. The van der Waals surface area contributed by atoms with Crippen LogP contribution in [0.1, 0.15) is 0 Å². The van der Waals surface area contributed by atoms with Crippen LogP contribution in [0.25, 0.3) is 0 Å². The highest BCUT2D eigenvalue weighted by molar-refractivity contribution is 7.89. The van der Waals surface area contributed by atoms with Gasteiger partial charge >= 0.3 is 0 Å². The van der Waals surface area contributed by atoms with Gasteiger partial charge in [-0.25, -0.2) is 22.0 Å². The standard InChI is InChI=1S/C6H8N2O4S2/c7-5-3-4(14(8,11)12)1-2-6(5)13(9)10/h1-3,13H,7H2,(H2,8,11,12). The van der Waals surface area contributed by atoms with Crippen LogP contribution in [-0.4, -0.2) is 16.8 Å². The molecule has 6 nitrogen and oxygen atoms in total. The molecule has 0 fully saturated rings. The van der Waals surface area contributed by atoms with Crippen LogP contribution < -0.4 is 10.9 Å². The molecule has 0 saturated heterocycles. The second-order valence-electron chi connectivity index (χ2n) is 2.52. The van der Waals surface area contributed by atoms with Crippen LogP contribution in [0.5, 0.6) is 0 Å². The van der Waals surface area contributed by atoms with Gasteiger partial charge in [0.2, 0.25) is 10.0 Å². The third-order valence-electron chi connectivity index (χ3n) is 1.52. The van der Waals surface area contributed by atoms with Gasteiger partial charge in [-0.2, -0.15) is 0 Å². The zero-order valence-electron chi connectivity index (χ0n) is 6.88. The summed E-state index contributed by atoms with van der Waals surface area (Å²) >= 11 is 0. The van der Waals surface area contributed by atoms with E-state index in [1.165, 1.54) is 0 Å². The van der Waals surface area contributed by atoms with E-state index < -0.39 is 20.7 Å². The van der Waals surface area contributed by atoms with Crippen molar-refractivity contribution in [2.45, 2.75) is 9.79 Å². The number of hydrogen-bond donors (Lipinski definition) is 3. The van der Waals surface area contributed by atoms with Crippen LogP contribution in [-0.2, 0) is 20.7 Å². The molecule has 0 unspecified atom stereocenters. The van der Waals surface area contributed by atoms with Crippen LogP contribution >= 0.6 is 0 Å². The fraction of sp³-hybridized carbons (Fsp3) is 0. The Morgan fingerprint density at radius 3 is 2.14 bits per heavy atom. The molecule has 1 aromatic carbocycles. The highest BCUT2D eigenvalue weighted by atomic mass is 32.2. The molecule has 1 aromatic rings. The van der Waals surface area contributed by atoms with E-state index in [4.69, 9.17) is 10.9 Å². The van der Waals surface area contributed by atoms with Gasteiger partial charge in [-0.3, -0.25) is 0 Å². The van der Waals surface area contributed by atoms with Crippen molar-refractivity contribution in [2.24, 2.45) is 5.14 Å². The van der Waals surface area contributed by atoms with Crippen LogP contribution in [0.15, 0.2) is 28.0 Å². The molecule has 8 heteroatoms. The quantitative estimate of drug-likeness (QED) is 0.444. The summed E-state index contributed by atoms with van der Waals surface area (Å²) in [7, 11) is -6.67. The average molecular weight is 236 g/mol. The Bertz CT molecular complexity index is 525. The minimum Gasteiger partial charge on any atom is -0.398 e. The summed E-state index contributed by atoms with van der Waals surface area (Å²) in [5.41, 5.74) is 5.18. The molecule has 0 bridgehead atoms. The largest absolute Gasteiger partial charge is 0.398 e. The number of sulfonamides is 1. The Labute approximate surface area is 82.5 Å². The fourth-order valence-corrected chi connectivity index (χ4v) is 1.90. The number of primary sulfonamides is 1. The lowest BCUT2D eigenvalue weighted by atomic mass is 10.3. The molecule has 0 heterocycles. The average Bonchev–Trinajstić information content (AvgIpc) is 2.01. The zero-order chi connectivity index (χ0) is 10.9. The number of rotatable bonds is 2. The molecule has 14 heavy (non-hydrogen) atoms. The van der Waals surface area contributed by atoms with E-state index in [1.54, 1.807) is 0 Å². The first-order chi connectivity index (χ1) is 6.32. The lowest BCUT2D eigenvalue weighted by Crippen LogP contribution is -2.12. The van der Waals surface area contributed by atoms with E-state index in [0.717, 1.165) is 18.2 Å². The van der Waals surface area contributed by atoms with Crippen LogP contribution in [0.4, 0.5) is 5.69 Å². The van der Waals surface area contributed by atoms with Crippen molar-refractivity contribution in [1.82, 2.24) is 0 Å². The third kappa shape index (κ3) is 2.22. The van der Waals surface area contributed by atoms with Gasteiger partial charge < -0.3 is 5.73 Å². The molecule has 1 rings (SSSR count). The summed E-state index contributed by atoms with van der Waals surface area (Å²) < 4.78 is 42.8. The van der Waals surface area contributed by atoms with Crippen LogP contribution in [0.2, 0.25) is 0 Å². The number of nitrogen functional groups attached to an aromatic ring is 1. The van der Waals surface area contributed by atoms with Crippen molar-refractivity contribution >= 4 is 26.4 Å². The van der Waals surface area contributed by atoms with E-state index >= 15 is 0 Å². The minimum atomic E-state index is -3.84. The van der Waals surface area contributed by atoms with Crippen LogP contribution in [0, 0.1) is 0 Å². The molecule has 0 amide bonds. The molecular formula is C6H8N2O4S2. The number of nitrogens with two attached hydrogens (primary N) is 2. The Kier molecular flexibility index (Phi) is 2.79. The van der Waals surface area contributed by atoms with Crippen molar-refractivity contribution in [3.05, 3.63) is 18.2 Å². The van der Waals surface area contributed by atoms with Crippen molar-refractivity contribution in [3.63, 3.8) is 0 Å². The van der Waals surface area contributed by atoms with Crippen molar-refractivity contribution < 1.29 is 16.8 Å².